The predicted octanol–water partition coefficient (Wildman–Crippen LogP) is 4.50. The fourth-order valence-corrected chi connectivity index (χ4v) is 2.19. The van der Waals surface area contributed by atoms with Gasteiger partial charge in [0.05, 0.1) is 11.1 Å². The maximum Gasteiger partial charge on any atom is 0.150 e. The highest BCUT2D eigenvalue weighted by molar-refractivity contribution is 6.32. The minimum atomic E-state index is -0.443. The van der Waals surface area contributed by atoms with Gasteiger partial charge in [0.25, 0.3) is 0 Å². The van der Waals surface area contributed by atoms with Crippen LogP contribution < -0.4 is 4.74 Å². The third kappa shape index (κ3) is 2.68. The Morgan fingerprint density at radius 3 is 2.60 bits per heavy atom. The van der Waals surface area contributed by atoms with Crippen molar-refractivity contribution in [3.05, 3.63) is 52.8 Å². The Kier molecular flexibility index (Phi) is 3.45. The van der Waals surface area contributed by atoms with Crippen LogP contribution in [0.25, 0.3) is 11.1 Å². The minimum absolute atomic E-state index is 0.266. The molecule has 20 heavy (non-hydrogen) atoms. The molecule has 0 amide bonds. The smallest absolute Gasteiger partial charge is 0.150 e. The number of carbonyl (C=O) groups is 1. The first kappa shape index (κ1) is 13.1. The second kappa shape index (κ2) is 5.25. The van der Waals surface area contributed by atoms with Gasteiger partial charge in [0, 0.05) is 11.1 Å². The molecule has 0 saturated heterocycles. The van der Waals surface area contributed by atoms with Crippen LogP contribution in [0.2, 0.25) is 5.02 Å². The van der Waals surface area contributed by atoms with Crippen molar-refractivity contribution in [3.63, 3.8) is 0 Å². The number of halogens is 2. The molecule has 102 valence electrons. The third-order valence-corrected chi connectivity index (χ3v) is 3.49. The number of benzene rings is 2. The summed E-state index contributed by atoms with van der Waals surface area (Å²) in [5.74, 6) is 0.185. The summed E-state index contributed by atoms with van der Waals surface area (Å²) in [6.45, 7) is 0. The van der Waals surface area contributed by atoms with E-state index in [-0.39, 0.29) is 6.10 Å². The normalized spacial score (nSPS) is 14.1. The summed E-state index contributed by atoms with van der Waals surface area (Å²) < 4.78 is 19.6. The van der Waals surface area contributed by atoms with Gasteiger partial charge in [-0.05, 0) is 36.6 Å². The summed E-state index contributed by atoms with van der Waals surface area (Å²) in [5.41, 5.74) is 1.38. The minimum Gasteiger partial charge on any atom is -0.489 e. The van der Waals surface area contributed by atoms with E-state index in [4.69, 9.17) is 16.3 Å². The van der Waals surface area contributed by atoms with Crippen molar-refractivity contribution < 1.29 is 13.9 Å². The Labute approximate surface area is 121 Å². The van der Waals surface area contributed by atoms with Crippen molar-refractivity contribution in [2.24, 2.45) is 0 Å². The highest BCUT2D eigenvalue weighted by atomic mass is 35.5. The van der Waals surface area contributed by atoms with Gasteiger partial charge in [0.2, 0.25) is 0 Å². The highest BCUT2D eigenvalue weighted by Gasteiger charge is 2.24. The number of hydrogen-bond donors (Lipinski definition) is 0. The molecule has 0 spiro atoms. The summed E-state index contributed by atoms with van der Waals surface area (Å²) in [7, 11) is 0. The molecule has 2 nitrogen and oxygen atoms in total. The molecule has 3 rings (SSSR count). The Morgan fingerprint density at radius 1 is 1.20 bits per heavy atom. The van der Waals surface area contributed by atoms with E-state index in [0.717, 1.165) is 12.8 Å². The molecule has 0 radical (unpaired) electrons. The lowest BCUT2D eigenvalue weighted by Crippen LogP contribution is -1.96. The number of hydrogen-bond acceptors (Lipinski definition) is 2. The quantitative estimate of drug-likeness (QED) is 0.775. The van der Waals surface area contributed by atoms with Gasteiger partial charge in [0.15, 0.2) is 0 Å². The molecule has 2 aromatic carbocycles. The van der Waals surface area contributed by atoms with Crippen LogP contribution in [0.5, 0.6) is 5.75 Å². The molecule has 1 saturated carbocycles. The van der Waals surface area contributed by atoms with Gasteiger partial charge < -0.3 is 4.74 Å². The van der Waals surface area contributed by atoms with E-state index >= 15 is 0 Å². The number of ether oxygens (including phenoxy) is 1. The predicted molar refractivity (Wildman–Crippen MR) is 75.9 cm³/mol. The van der Waals surface area contributed by atoms with Gasteiger partial charge in [-0.3, -0.25) is 4.79 Å². The first-order valence-corrected chi connectivity index (χ1v) is 6.76. The summed E-state index contributed by atoms with van der Waals surface area (Å²) >= 11 is 6.16. The number of rotatable bonds is 4. The van der Waals surface area contributed by atoms with E-state index in [2.05, 4.69) is 0 Å². The maximum absolute atomic E-state index is 13.9. The van der Waals surface area contributed by atoms with E-state index < -0.39 is 5.82 Å². The first-order valence-electron chi connectivity index (χ1n) is 6.38. The second-order valence-corrected chi connectivity index (χ2v) is 5.23. The standard InChI is InChI=1S/C16H12ClFO2/c17-14-8-11(2-6-16(14)20-12-3-4-12)13-5-1-10(9-19)7-15(13)18/h1-2,5-9,12H,3-4H2. The lowest BCUT2D eigenvalue weighted by Gasteiger charge is -2.09. The second-order valence-electron chi connectivity index (χ2n) is 4.82. The van der Waals surface area contributed by atoms with Crippen LogP contribution in [0, 0.1) is 5.82 Å². The van der Waals surface area contributed by atoms with Crippen LogP contribution in [0.1, 0.15) is 23.2 Å². The van der Waals surface area contributed by atoms with Gasteiger partial charge in [-0.15, -0.1) is 0 Å². The van der Waals surface area contributed by atoms with Crippen LogP contribution in [-0.2, 0) is 0 Å². The molecule has 0 aromatic heterocycles. The largest absolute Gasteiger partial charge is 0.489 e. The van der Waals surface area contributed by atoms with Gasteiger partial charge in [-0.1, -0.05) is 29.8 Å². The maximum atomic E-state index is 13.9. The van der Waals surface area contributed by atoms with E-state index in [9.17, 15) is 9.18 Å². The molecule has 0 heterocycles. The van der Waals surface area contributed by atoms with Gasteiger partial charge in [-0.25, -0.2) is 4.39 Å². The first-order chi connectivity index (χ1) is 9.67. The van der Waals surface area contributed by atoms with Gasteiger partial charge >= 0.3 is 0 Å². The number of carbonyl (C=O) groups excluding carboxylic acids is 1. The molecule has 2 aromatic rings. The Hall–Kier alpha value is -1.87. The highest BCUT2D eigenvalue weighted by Crippen LogP contribution is 2.35. The lowest BCUT2D eigenvalue weighted by molar-refractivity contribution is 0.112. The summed E-state index contributed by atoms with van der Waals surface area (Å²) in [5, 5.41) is 0.466. The van der Waals surface area contributed by atoms with Crippen molar-refractivity contribution in [3.8, 4) is 16.9 Å². The van der Waals surface area contributed by atoms with Gasteiger partial charge in [-0.2, -0.15) is 0 Å². The Morgan fingerprint density at radius 2 is 2.00 bits per heavy atom. The van der Waals surface area contributed by atoms with Crippen molar-refractivity contribution in [2.45, 2.75) is 18.9 Å². The average molecular weight is 291 g/mol. The lowest BCUT2D eigenvalue weighted by atomic mass is 10.0. The Balaban J connectivity index is 1.93. The SMILES string of the molecule is O=Cc1ccc(-c2ccc(OC3CC3)c(Cl)c2)c(F)c1. The van der Waals surface area contributed by atoms with Crippen LogP contribution >= 0.6 is 11.6 Å². The van der Waals surface area contributed by atoms with Gasteiger partial charge in [0.1, 0.15) is 17.9 Å². The molecule has 0 bridgehead atoms. The topological polar surface area (TPSA) is 26.3 Å². The molecule has 1 aliphatic rings. The monoisotopic (exact) mass is 290 g/mol. The fourth-order valence-electron chi connectivity index (χ4n) is 1.97. The van der Waals surface area contributed by atoms with Crippen LogP contribution in [0.3, 0.4) is 0 Å². The van der Waals surface area contributed by atoms with Crippen molar-refractivity contribution in [1.82, 2.24) is 0 Å². The zero-order chi connectivity index (χ0) is 14.1. The molecule has 1 aliphatic carbocycles. The molecule has 0 unspecified atom stereocenters. The molecule has 0 aliphatic heterocycles. The molecular weight excluding hydrogens is 279 g/mol. The zero-order valence-corrected chi connectivity index (χ0v) is 11.4. The Bertz CT molecular complexity index is 666. The summed E-state index contributed by atoms with van der Waals surface area (Å²) in [4.78, 5) is 10.6. The van der Waals surface area contributed by atoms with E-state index in [1.165, 1.54) is 6.07 Å². The average Bonchev–Trinajstić information content (AvgIpc) is 3.25. The summed E-state index contributed by atoms with van der Waals surface area (Å²) in [6, 6.07) is 9.56. The molecule has 0 N–H and O–H groups in total. The van der Waals surface area contributed by atoms with E-state index in [1.54, 1.807) is 30.3 Å². The molecule has 4 heteroatoms. The molecule has 1 fully saturated rings. The zero-order valence-electron chi connectivity index (χ0n) is 10.6. The van der Waals surface area contributed by atoms with Crippen molar-refractivity contribution in [1.29, 1.82) is 0 Å². The molecular formula is C16H12ClFO2. The van der Waals surface area contributed by atoms with Crippen LogP contribution in [0.15, 0.2) is 36.4 Å². The summed E-state index contributed by atoms with van der Waals surface area (Å²) in [6.07, 6.45) is 2.99. The fraction of sp³-hybridized carbons (Fsp3) is 0.188. The third-order valence-electron chi connectivity index (χ3n) is 3.19. The molecule has 0 atom stereocenters. The van der Waals surface area contributed by atoms with Crippen molar-refractivity contribution in [2.75, 3.05) is 0 Å². The van der Waals surface area contributed by atoms with E-state index in [0.29, 0.717) is 33.7 Å². The van der Waals surface area contributed by atoms with Crippen LogP contribution in [-0.4, -0.2) is 12.4 Å². The van der Waals surface area contributed by atoms with E-state index in [1.807, 2.05) is 0 Å². The number of aldehydes is 1. The van der Waals surface area contributed by atoms with Crippen molar-refractivity contribution >= 4 is 17.9 Å². The van der Waals surface area contributed by atoms with Crippen LogP contribution in [0.4, 0.5) is 4.39 Å².